The van der Waals surface area contributed by atoms with Crippen molar-refractivity contribution >= 4 is 5.69 Å². The summed E-state index contributed by atoms with van der Waals surface area (Å²) >= 11 is 0. The Morgan fingerprint density at radius 1 is 1.38 bits per heavy atom. The lowest BCUT2D eigenvalue weighted by molar-refractivity contribution is 0.148. The first-order valence-corrected chi connectivity index (χ1v) is 5.31. The zero-order chi connectivity index (χ0) is 12.1. The zero-order valence-electron chi connectivity index (χ0n) is 10.00. The average Bonchev–Trinajstić information content (AvgIpc) is 2.12. The van der Waals surface area contributed by atoms with E-state index in [0.717, 1.165) is 5.56 Å². The monoisotopic (exact) mass is 226 g/mol. The highest BCUT2D eigenvalue weighted by Gasteiger charge is 2.05. The molecule has 0 heterocycles. The highest BCUT2D eigenvalue weighted by Crippen LogP contribution is 2.13. The first-order chi connectivity index (χ1) is 7.47. The molecule has 0 aliphatic carbocycles. The molecule has 1 aromatic rings. The van der Waals surface area contributed by atoms with Gasteiger partial charge in [0.2, 0.25) is 0 Å². The molecule has 0 aliphatic rings. The van der Waals surface area contributed by atoms with Crippen LogP contribution in [-0.2, 0) is 0 Å². The van der Waals surface area contributed by atoms with Gasteiger partial charge in [-0.15, -0.1) is 0 Å². The number of aryl methyl sites for hydroxylation is 1. The largest absolute Gasteiger partial charge is 0.390 e. The van der Waals surface area contributed by atoms with Gasteiger partial charge in [-0.05, 0) is 44.8 Å². The second-order valence-corrected chi connectivity index (χ2v) is 4.31. The van der Waals surface area contributed by atoms with Gasteiger partial charge in [0.25, 0.3) is 0 Å². The van der Waals surface area contributed by atoms with Crippen LogP contribution in [0.1, 0.15) is 5.56 Å². The van der Waals surface area contributed by atoms with Crippen LogP contribution >= 0.6 is 0 Å². The Morgan fingerprint density at radius 3 is 2.62 bits per heavy atom. The van der Waals surface area contributed by atoms with E-state index in [9.17, 15) is 9.50 Å². The van der Waals surface area contributed by atoms with Crippen LogP contribution in [0.2, 0.25) is 0 Å². The molecule has 0 radical (unpaired) electrons. The fraction of sp³-hybridized carbons (Fsp3) is 0.500. The number of benzene rings is 1. The standard InChI is InChI=1S/C12H19FN2O/c1-9-4-10(13)6-11(5-9)14-7-12(16)8-15(2)3/h4-6,12,14,16H,7-8H2,1-3H3. The van der Waals surface area contributed by atoms with E-state index in [1.807, 2.05) is 32.0 Å². The quantitative estimate of drug-likeness (QED) is 0.798. The maximum absolute atomic E-state index is 13.1. The van der Waals surface area contributed by atoms with Gasteiger partial charge < -0.3 is 15.3 Å². The Morgan fingerprint density at radius 2 is 2.06 bits per heavy atom. The first kappa shape index (κ1) is 12.9. The van der Waals surface area contributed by atoms with Gasteiger partial charge in [0.05, 0.1) is 6.10 Å². The number of aliphatic hydroxyl groups is 1. The third-order valence-corrected chi connectivity index (χ3v) is 2.16. The minimum absolute atomic E-state index is 0.260. The van der Waals surface area contributed by atoms with Crippen LogP contribution in [0, 0.1) is 12.7 Å². The van der Waals surface area contributed by atoms with E-state index in [1.54, 1.807) is 0 Å². The van der Waals surface area contributed by atoms with Gasteiger partial charge in [-0.25, -0.2) is 4.39 Å². The van der Waals surface area contributed by atoms with Crippen molar-refractivity contribution in [3.8, 4) is 0 Å². The number of nitrogens with one attached hydrogen (secondary N) is 1. The van der Waals surface area contributed by atoms with Gasteiger partial charge in [0, 0.05) is 18.8 Å². The first-order valence-electron chi connectivity index (χ1n) is 5.31. The fourth-order valence-electron chi connectivity index (χ4n) is 1.56. The van der Waals surface area contributed by atoms with Gasteiger partial charge in [-0.2, -0.15) is 0 Å². The highest BCUT2D eigenvalue weighted by molar-refractivity contribution is 5.46. The molecular formula is C12H19FN2O. The van der Waals surface area contributed by atoms with Crippen molar-refractivity contribution in [1.82, 2.24) is 4.90 Å². The predicted octanol–water partition coefficient (Wildman–Crippen LogP) is 1.47. The minimum Gasteiger partial charge on any atom is -0.390 e. The van der Waals surface area contributed by atoms with Gasteiger partial charge in [0.1, 0.15) is 5.82 Å². The molecule has 1 aromatic carbocycles. The topological polar surface area (TPSA) is 35.5 Å². The van der Waals surface area contributed by atoms with E-state index >= 15 is 0 Å². The number of anilines is 1. The molecule has 16 heavy (non-hydrogen) atoms. The summed E-state index contributed by atoms with van der Waals surface area (Å²) in [6, 6.07) is 4.75. The second-order valence-electron chi connectivity index (χ2n) is 4.31. The lowest BCUT2D eigenvalue weighted by Crippen LogP contribution is -2.31. The van der Waals surface area contributed by atoms with Gasteiger partial charge in [-0.3, -0.25) is 0 Å². The van der Waals surface area contributed by atoms with Crippen LogP contribution in [0.3, 0.4) is 0 Å². The van der Waals surface area contributed by atoms with Crippen LogP contribution in [0.15, 0.2) is 18.2 Å². The molecule has 0 aromatic heterocycles. The van der Waals surface area contributed by atoms with Crippen molar-refractivity contribution in [1.29, 1.82) is 0 Å². The molecule has 0 amide bonds. The normalized spacial score (nSPS) is 12.9. The van der Waals surface area contributed by atoms with Crippen molar-refractivity contribution in [2.75, 3.05) is 32.5 Å². The lowest BCUT2D eigenvalue weighted by Gasteiger charge is -2.17. The third kappa shape index (κ3) is 4.59. The zero-order valence-corrected chi connectivity index (χ0v) is 10.00. The Hall–Kier alpha value is -1.13. The van der Waals surface area contributed by atoms with Crippen LogP contribution < -0.4 is 5.32 Å². The van der Waals surface area contributed by atoms with Crippen molar-refractivity contribution < 1.29 is 9.50 Å². The predicted molar refractivity (Wildman–Crippen MR) is 64.2 cm³/mol. The molecule has 1 atom stereocenters. The fourth-order valence-corrected chi connectivity index (χ4v) is 1.56. The molecule has 4 heteroatoms. The number of hydrogen-bond donors (Lipinski definition) is 2. The molecule has 3 nitrogen and oxygen atoms in total. The van der Waals surface area contributed by atoms with E-state index < -0.39 is 6.10 Å². The smallest absolute Gasteiger partial charge is 0.125 e. The maximum Gasteiger partial charge on any atom is 0.125 e. The van der Waals surface area contributed by atoms with Crippen LogP contribution in [0.4, 0.5) is 10.1 Å². The molecule has 0 spiro atoms. The summed E-state index contributed by atoms with van der Waals surface area (Å²) in [5.41, 5.74) is 1.57. The minimum atomic E-state index is -0.460. The Kier molecular flexibility index (Phi) is 4.71. The maximum atomic E-state index is 13.1. The van der Waals surface area contributed by atoms with Crippen LogP contribution in [0.5, 0.6) is 0 Å². The molecular weight excluding hydrogens is 207 g/mol. The number of rotatable bonds is 5. The number of nitrogens with zero attached hydrogens (tertiary/aromatic N) is 1. The van der Waals surface area contributed by atoms with Crippen molar-refractivity contribution in [2.45, 2.75) is 13.0 Å². The summed E-state index contributed by atoms with van der Waals surface area (Å²) in [4.78, 5) is 1.91. The highest BCUT2D eigenvalue weighted by atomic mass is 19.1. The Labute approximate surface area is 95.9 Å². The SMILES string of the molecule is Cc1cc(F)cc(NCC(O)CN(C)C)c1. The van der Waals surface area contributed by atoms with Gasteiger partial charge in [0.15, 0.2) is 0 Å². The molecule has 0 bridgehead atoms. The van der Waals surface area contributed by atoms with Gasteiger partial charge >= 0.3 is 0 Å². The van der Waals surface area contributed by atoms with E-state index in [-0.39, 0.29) is 5.82 Å². The third-order valence-electron chi connectivity index (χ3n) is 2.16. The van der Waals surface area contributed by atoms with Crippen molar-refractivity contribution in [2.24, 2.45) is 0 Å². The van der Waals surface area contributed by atoms with Crippen molar-refractivity contribution in [3.05, 3.63) is 29.6 Å². The number of halogens is 1. The van der Waals surface area contributed by atoms with E-state index in [2.05, 4.69) is 5.32 Å². The van der Waals surface area contributed by atoms with E-state index in [4.69, 9.17) is 0 Å². The van der Waals surface area contributed by atoms with Gasteiger partial charge in [-0.1, -0.05) is 0 Å². The molecule has 0 saturated carbocycles. The Bertz CT molecular complexity index is 322. The second kappa shape index (κ2) is 5.82. The molecule has 0 fully saturated rings. The molecule has 1 unspecified atom stereocenters. The van der Waals surface area contributed by atoms with E-state index in [1.165, 1.54) is 12.1 Å². The molecule has 0 saturated heterocycles. The Balaban J connectivity index is 2.48. The molecule has 0 aliphatic heterocycles. The molecule has 2 N–H and O–H groups in total. The van der Waals surface area contributed by atoms with Crippen LogP contribution in [0.25, 0.3) is 0 Å². The summed E-state index contributed by atoms with van der Waals surface area (Å²) in [5, 5.41) is 12.6. The summed E-state index contributed by atoms with van der Waals surface area (Å²) in [6.07, 6.45) is -0.460. The number of likely N-dealkylation sites (N-methyl/N-ethyl adjacent to an activating group) is 1. The summed E-state index contributed by atoms with van der Waals surface area (Å²) in [7, 11) is 3.80. The van der Waals surface area contributed by atoms with Crippen LogP contribution in [-0.4, -0.2) is 43.3 Å². The number of aliphatic hydroxyl groups excluding tert-OH is 1. The van der Waals surface area contributed by atoms with E-state index in [0.29, 0.717) is 18.8 Å². The van der Waals surface area contributed by atoms with Crippen molar-refractivity contribution in [3.63, 3.8) is 0 Å². The summed E-state index contributed by atoms with van der Waals surface area (Å²) in [6.45, 7) is 2.84. The lowest BCUT2D eigenvalue weighted by atomic mass is 10.2. The molecule has 90 valence electrons. The summed E-state index contributed by atoms with van der Waals surface area (Å²) in [5.74, 6) is -0.260. The summed E-state index contributed by atoms with van der Waals surface area (Å²) < 4.78 is 13.1. The average molecular weight is 226 g/mol. The number of hydrogen-bond acceptors (Lipinski definition) is 3. The molecule has 1 rings (SSSR count).